The molecule has 3 nitrogen and oxygen atoms in total. The van der Waals surface area contributed by atoms with Gasteiger partial charge < -0.3 is 5.11 Å². The topological polar surface area (TPSA) is 46.0 Å². The van der Waals surface area contributed by atoms with E-state index in [1.54, 1.807) is 24.5 Å². The zero-order chi connectivity index (χ0) is 14.8. The Labute approximate surface area is 126 Å². The first kappa shape index (κ1) is 13.9. The predicted molar refractivity (Wildman–Crippen MR) is 79.6 cm³/mol. The summed E-state index contributed by atoms with van der Waals surface area (Å²) in [5.41, 5.74) is 2.31. The van der Waals surface area contributed by atoms with Crippen LogP contribution in [-0.2, 0) is 6.42 Å². The summed E-state index contributed by atoms with van der Waals surface area (Å²) in [6.07, 6.45) is 2.41. The average molecular weight is 303 g/mol. The van der Waals surface area contributed by atoms with Crippen molar-refractivity contribution in [1.29, 1.82) is 0 Å². The maximum atomic E-state index is 13.8. The number of nitrogens with zero attached hydrogens (tertiary/aromatic N) is 2. The molecular weight excluding hydrogens is 291 g/mol. The summed E-state index contributed by atoms with van der Waals surface area (Å²) in [6.45, 7) is 0. The number of aromatic nitrogens is 2. The van der Waals surface area contributed by atoms with Crippen molar-refractivity contribution >= 4 is 22.6 Å². The van der Waals surface area contributed by atoms with Crippen molar-refractivity contribution in [3.05, 3.63) is 70.8 Å². The first-order chi connectivity index (χ1) is 10.1. The predicted octanol–water partition coefficient (Wildman–Crippen LogP) is 3.70. The van der Waals surface area contributed by atoms with Crippen molar-refractivity contribution in [3.63, 3.8) is 0 Å². The third-order valence-corrected chi connectivity index (χ3v) is 3.54. The highest BCUT2D eigenvalue weighted by molar-refractivity contribution is 6.30. The molecule has 3 rings (SSSR count). The van der Waals surface area contributed by atoms with Gasteiger partial charge in [0, 0.05) is 29.4 Å². The molecule has 0 aliphatic heterocycles. The van der Waals surface area contributed by atoms with Crippen LogP contribution in [0, 0.1) is 5.82 Å². The summed E-state index contributed by atoms with van der Waals surface area (Å²) in [6, 6.07) is 9.69. The molecule has 2 aromatic carbocycles. The molecule has 1 aromatic heterocycles. The standard InChI is InChI=1S/C16H12ClFN2O/c17-11-4-5-13(18)10(8-11)9-15(21)12-2-1-3-14-16(12)20-7-6-19-14/h1-8,15,21H,9H2. The van der Waals surface area contributed by atoms with Gasteiger partial charge in [0.05, 0.1) is 17.1 Å². The number of fused-ring (bicyclic) bond motifs is 1. The van der Waals surface area contributed by atoms with Crippen molar-refractivity contribution in [2.45, 2.75) is 12.5 Å². The van der Waals surface area contributed by atoms with Crippen LogP contribution in [0.15, 0.2) is 48.8 Å². The summed E-state index contributed by atoms with van der Waals surface area (Å²) < 4.78 is 13.8. The smallest absolute Gasteiger partial charge is 0.126 e. The zero-order valence-corrected chi connectivity index (χ0v) is 11.8. The molecule has 0 saturated carbocycles. The van der Waals surface area contributed by atoms with E-state index in [-0.39, 0.29) is 12.2 Å². The van der Waals surface area contributed by atoms with Gasteiger partial charge in [-0.3, -0.25) is 9.97 Å². The highest BCUT2D eigenvalue weighted by Gasteiger charge is 2.15. The Kier molecular flexibility index (Phi) is 3.82. The van der Waals surface area contributed by atoms with Crippen molar-refractivity contribution in [2.75, 3.05) is 0 Å². The second-order valence-corrected chi connectivity index (χ2v) is 5.16. The second-order valence-electron chi connectivity index (χ2n) is 4.73. The molecular formula is C16H12ClFN2O. The molecule has 0 amide bonds. The number of aliphatic hydroxyl groups excluding tert-OH is 1. The molecule has 0 fully saturated rings. The lowest BCUT2D eigenvalue weighted by molar-refractivity contribution is 0.178. The Balaban J connectivity index is 1.97. The number of hydrogen-bond donors (Lipinski definition) is 1. The Bertz CT molecular complexity index is 789. The van der Waals surface area contributed by atoms with Gasteiger partial charge in [0.2, 0.25) is 0 Å². The molecule has 0 radical (unpaired) electrons. The van der Waals surface area contributed by atoms with Gasteiger partial charge in [0.25, 0.3) is 0 Å². The highest BCUT2D eigenvalue weighted by Crippen LogP contribution is 2.26. The van der Waals surface area contributed by atoms with Crippen molar-refractivity contribution < 1.29 is 9.50 Å². The summed E-state index contributed by atoms with van der Waals surface area (Å²) in [5, 5.41) is 10.9. The van der Waals surface area contributed by atoms with Gasteiger partial charge in [-0.2, -0.15) is 0 Å². The summed E-state index contributed by atoms with van der Waals surface area (Å²) >= 11 is 5.87. The quantitative estimate of drug-likeness (QED) is 0.802. The number of halogens is 2. The van der Waals surface area contributed by atoms with Gasteiger partial charge in [-0.25, -0.2) is 4.39 Å². The molecule has 5 heteroatoms. The Morgan fingerprint density at radius 1 is 1.14 bits per heavy atom. The van der Waals surface area contributed by atoms with Crippen LogP contribution in [0.5, 0.6) is 0 Å². The molecule has 1 unspecified atom stereocenters. The first-order valence-electron chi connectivity index (χ1n) is 6.47. The Morgan fingerprint density at radius 2 is 1.95 bits per heavy atom. The lowest BCUT2D eigenvalue weighted by Gasteiger charge is -2.13. The van der Waals surface area contributed by atoms with Crippen LogP contribution in [0.4, 0.5) is 4.39 Å². The van der Waals surface area contributed by atoms with Gasteiger partial charge >= 0.3 is 0 Å². The fourth-order valence-electron chi connectivity index (χ4n) is 2.30. The number of aliphatic hydroxyl groups is 1. The monoisotopic (exact) mass is 302 g/mol. The van der Waals surface area contributed by atoms with E-state index in [1.165, 1.54) is 18.2 Å². The minimum atomic E-state index is -0.877. The minimum absolute atomic E-state index is 0.127. The van der Waals surface area contributed by atoms with Crippen LogP contribution in [0.2, 0.25) is 5.02 Å². The largest absolute Gasteiger partial charge is 0.388 e. The number of para-hydroxylation sites is 1. The Hall–Kier alpha value is -2.04. The third kappa shape index (κ3) is 2.86. The van der Waals surface area contributed by atoms with E-state index >= 15 is 0 Å². The lowest BCUT2D eigenvalue weighted by atomic mass is 10.00. The molecule has 1 N–H and O–H groups in total. The number of rotatable bonds is 3. The fourth-order valence-corrected chi connectivity index (χ4v) is 2.50. The van der Waals surface area contributed by atoms with Crippen LogP contribution >= 0.6 is 11.6 Å². The van der Waals surface area contributed by atoms with Gasteiger partial charge in [0.1, 0.15) is 5.82 Å². The molecule has 0 saturated heterocycles. The van der Waals surface area contributed by atoms with Gasteiger partial charge in [-0.15, -0.1) is 0 Å². The normalized spacial score (nSPS) is 12.5. The van der Waals surface area contributed by atoms with Crippen LogP contribution < -0.4 is 0 Å². The van der Waals surface area contributed by atoms with E-state index in [1.807, 2.05) is 6.07 Å². The summed E-state index contributed by atoms with van der Waals surface area (Å²) in [5.74, 6) is -0.384. The lowest BCUT2D eigenvalue weighted by Crippen LogP contribution is -2.05. The third-order valence-electron chi connectivity index (χ3n) is 3.31. The molecule has 106 valence electrons. The Morgan fingerprint density at radius 3 is 2.81 bits per heavy atom. The maximum absolute atomic E-state index is 13.8. The maximum Gasteiger partial charge on any atom is 0.126 e. The van der Waals surface area contributed by atoms with Gasteiger partial charge in [-0.05, 0) is 29.8 Å². The molecule has 1 heterocycles. The highest BCUT2D eigenvalue weighted by atomic mass is 35.5. The molecule has 0 aliphatic carbocycles. The van der Waals surface area contributed by atoms with Crippen LogP contribution in [0.3, 0.4) is 0 Å². The zero-order valence-electron chi connectivity index (χ0n) is 11.0. The second kappa shape index (κ2) is 5.76. The van der Waals surface area contributed by atoms with E-state index in [4.69, 9.17) is 11.6 Å². The van der Waals surface area contributed by atoms with E-state index in [2.05, 4.69) is 9.97 Å². The molecule has 0 bridgehead atoms. The van der Waals surface area contributed by atoms with E-state index < -0.39 is 6.10 Å². The number of hydrogen-bond acceptors (Lipinski definition) is 3. The van der Waals surface area contributed by atoms with Crippen LogP contribution in [-0.4, -0.2) is 15.1 Å². The van der Waals surface area contributed by atoms with Crippen LogP contribution in [0.25, 0.3) is 11.0 Å². The van der Waals surface area contributed by atoms with E-state index in [9.17, 15) is 9.50 Å². The molecule has 3 aromatic rings. The SMILES string of the molecule is OC(Cc1cc(Cl)ccc1F)c1cccc2nccnc12. The van der Waals surface area contributed by atoms with E-state index in [0.717, 1.165) is 0 Å². The van der Waals surface area contributed by atoms with Crippen molar-refractivity contribution in [1.82, 2.24) is 9.97 Å². The van der Waals surface area contributed by atoms with Crippen molar-refractivity contribution in [2.24, 2.45) is 0 Å². The van der Waals surface area contributed by atoms with E-state index in [0.29, 0.717) is 27.2 Å². The average Bonchev–Trinajstić information content (AvgIpc) is 2.50. The minimum Gasteiger partial charge on any atom is -0.388 e. The van der Waals surface area contributed by atoms with Crippen molar-refractivity contribution in [3.8, 4) is 0 Å². The number of benzene rings is 2. The van der Waals surface area contributed by atoms with Gasteiger partial charge in [-0.1, -0.05) is 23.7 Å². The molecule has 1 atom stereocenters. The first-order valence-corrected chi connectivity index (χ1v) is 6.84. The molecule has 0 aliphatic rings. The van der Waals surface area contributed by atoms with Crippen LogP contribution in [0.1, 0.15) is 17.2 Å². The summed E-state index contributed by atoms with van der Waals surface area (Å²) in [4.78, 5) is 8.44. The van der Waals surface area contributed by atoms with Gasteiger partial charge in [0.15, 0.2) is 0 Å². The molecule has 21 heavy (non-hydrogen) atoms. The fraction of sp³-hybridized carbons (Fsp3) is 0.125. The summed E-state index contributed by atoms with van der Waals surface area (Å²) in [7, 11) is 0. The molecule has 0 spiro atoms.